The summed E-state index contributed by atoms with van der Waals surface area (Å²) >= 11 is 0. The van der Waals surface area contributed by atoms with Crippen molar-refractivity contribution in [1.82, 2.24) is 0 Å². The van der Waals surface area contributed by atoms with Gasteiger partial charge in [0.15, 0.2) is 0 Å². The van der Waals surface area contributed by atoms with E-state index in [0.29, 0.717) is 0 Å². The number of hydrogen-bond acceptors (Lipinski definition) is 0. The molecule has 0 radical (unpaired) electrons. The number of unbranched alkanes of at least 4 members (excludes halogenated alkanes) is 15. The second kappa shape index (κ2) is 22.7. The van der Waals surface area contributed by atoms with Crippen molar-refractivity contribution in [2.24, 2.45) is 0 Å². The maximum Gasteiger partial charge on any atom is 0.0784 e. The van der Waals surface area contributed by atoms with Crippen molar-refractivity contribution in [3.05, 3.63) is 0 Å². The number of halogens is 1. The Labute approximate surface area is 184 Å². The van der Waals surface area contributed by atoms with Crippen LogP contribution in [0.15, 0.2) is 0 Å². The predicted octanol–water partition coefficient (Wildman–Crippen LogP) is 9.09. The highest BCUT2D eigenvalue weighted by Gasteiger charge is 2.20. The zero-order valence-corrected chi connectivity index (χ0v) is 21.4. The second-order valence-electron chi connectivity index (χ2n) is 9.09. The van der Waals surface area contributed by atoms with Crippen molar-refractivity contribution < 1.29 is 4.48 Å². The van der Waals surface area contributed by atoms with Crippen molar-refractivity contribution in [1.29, 1.82) is 0 Å². The maximum atomic E-state index is 2.56. The molecule has 0 N–H and O–H groups in total. The second-order valence-corrected chi connectivity index (χ2v) is 9.09. The third-order valence-electron chi connectivity index (χ3n) is 6.15. The highest BCUT2D eigenvalue weighted by atomic mass is 79.9. The lowest BCUT2D eigenvalue weighted by molar-refractivity contribution is -0.910. The summed E-state index contributed by atoms with van der Waals surface area (Å²) in [6.07, 6.45) is 25.9. The Morgan fingerprint density at radius 3 is 0.852 bits per heavy atom. The SMILES string of the molecule is Br.CCCCCCCC[N+](C)(CCCCCCCC)CCCCCCCC. The summed E-state index contributed by atoms with van der Waals surface area (Å²) in [6.45, 7) is 11.2. The molecule has 2 heteroatoms. The third-order valence-corrected chi connectivity index (χ3v) is 6.15. The lowest BCUT2D eigenvalue weighted by Gasteiger charge is -2.35. The average molecular weight is 450 g/mol. The number of nitrogens with zero attached hydrogens (tertiary/aromatic N) is 1. The smallest absolute Gasteiger partial charge is 0.0784 e. The minimum atomic E-state index is 0. The van der Waals surface area contributed by atoms with E-state index in [1.165, 1.54) is 140 Å². The van der Waals surface area contributed by atoms with Crippen molar-refractivity contribution in [2.75, 3.05) is 26.7 Å². The molecule has 166 valence electrons. The van der Waals surface area contributed by atoms with E-state index < -0.39 is 0 Å². The van der Waals surface area contributed by atoms with Gasteiger partial charge in [0, 0.05) is 0 Å². The molecular formula is C25H55BrN+. The standard InChI is InChI=1S/C25H54N.BrH/c1-5-8-11-14-17-20-23-26(4,24-21-18-15-12-9-6-2)25-22-19-16-13-10-7-3;/h5-25H2,1-4H3;1H/q+1;. The molecule has 0 rings (SSSR count). The number of rotatable bonds is 21. The highest BCUT2D eigenvalue weighted by molar-refractivity contribution is 8.93. The van der Waals surface area contributed by atoms with Crippen molar-refractivity contribution in [3.63, 3.8) is 0 Å². The summed E-state index contributed by atoms with van der Waals surface area (Å²) in [5, 5.41) is 0. The summed E-state index contributed by atoms with van der Waals surface area (Å²) in [6, 6.07) is 0. The number of quaternary nitrogens is 1. The quantitative estimate of drug-likeness (QED) is 0.121. The van der Waals surface area contributed by atoms with Gasteiger partial charge in [-0.05, 0) is 38.5 Å². The molecule has 0 bridgehead atoms. The molecule has 0 aliphatic carbocycles. The zero-order chi connectivity index (χ0) is 19.3. The van der Waals surface area contributed by atoms with Gasteiger partial charge in [0.05, 0.1) is 26.7 Å². The van der Waals surface area contributed by atoms with Gasteiger partial charge in [-0.2, -0.15) is 0 Å². The molecular weight excluding hydrogens is 394 g/mol. The first-order chi connectivity index (χ1) is 12.7. The fourth-order valence-electron chi connectivity index (χ4n) is 4.16. The van der Waals surface area contributed by atoms with E-state index in [0.717, 1.165) is 0 Å². The van der Waals surface area contributed by atoms with Gasteiger partial charge in [-0.1, -0.05) is 97.8 Å². The van der Waals surface area contributed by atoms with Gasteiger partial charge in [0.2, 0.25) is 0 Å². The molecule has 0 aromatic heterocycles. The van der Waals surface area contributed by atoms with Crippen LogP contribution in [0.2, 0.25) is 0 Å². The molecule has 0 fully saturated rings. The summed E-state index contributed by atoms with van der Waals surface area (Å²) in [5.74, 6) is 0. The van der Waals surface area contributed by atoms with Crippen LogP contribution < -0.4 is 0 Å². The van der Waals surface area contributed by atoms with Crippen LogP contribution in [-0.4, -0.2) is 31.2 Å². The van der Waals surface area contributed by atoms with Gasteiger partial charge in [-0.3, -0.25) is 0 Å². The Morgan fingerprint density at radius 2 is 0.593 bits per heavy atom. The molecule has 0 saturated carbocycles. The predicted molar refractivity (Wildman–Crippen MR) is 131 cm³/mol. The van der Waals surface area contributed by atoms with Crippen LogP contribution in [0.25, 0.3) is 0 Å². The van der Waals surface area contributed by atoms with Gasteiger partial charge in [0.1, 0.15) is 0 Å². The van der Waals surface area contributed by atoms with Gasteiger partial charge < -0.3 is 4.48 Å². The molecule has 0 aliphatic heterocycles. The fourth-order valence-corrected chi connectivity index (χ4v) is 4.16. The minimum Gasteiger partial charge on any atom is -0.326 e. The molecule has 0 aliphatic rings. The Morgan fingerprint density at radius 1 is 0.370 bits per heavy atom. The van der Waals surface area contributed by atoms with E-state index in [9.17, 15) is 0 Å². The first-order valence-electron chi connectivity index (χ1n) is 12.5. The molecule has 0 atom stereocenters. The molecule has 0 spiro atoms. The van der Waals surface area contributed by atoms with Crippen LogP contribution in [-0.2, 0) is 0 Å². The highest BCUT2D eigenvalue weighted by Crippen LogP contribution is 2.16. The van der Waals surface area contributed by atoms with Crippen molar-refractivity contribution >= 4 is 17.0 Å². The summed E-state index contributed by atoms with van der Waals surface area (Å²) in [5.41, 5.74) is 0. The van der Waals surface area contributed by atoms with E-state index in [4.69, 9.17) is 0 Å². The van der Waals surface area contributed by atoms with E-state index in [2.05, 4.69) is 27.8 Å². The summed E-state index contributed by atoms with van der Waals surface area (Å²) in [7, 11) is 2.56. The van der Waals surface area contributed by atoms with Crippen LogP contribution in [0, 0.1) is 0 Å². The number of hydrogen-bond donors (Lipinski definition) is 0. The lowest BCUT2D eigenvalue weighted by atomic mass is 10.1. The van der Waals surface area contributed by atoms with Crippen LogP contribution in [0.5, 0.6) is 0 Å². The Hall–Kier alpha value is 0.440. The minimum absolute atomic E-state index is 0. The Bertz CT molecular complexity index is 226. The maximum absolute atomic E-state index is 2.56. The first-order valence-corrected chi connectivity index (χ1v) is 12.5. The molecule has 0 saturated heterocycles. The largest absolute Gasteiger partial charge is 0.326 e. The van der Waals surface area contributed by atoms with Gasteiger partial charge in [-0.25, -0.2) is 0 Å². The Balaban J connectivity index is 0. The fraction of sp³-hybridized carbons (Fsp3) is 1.00. The molecule has 0 aromatic rings. The van der Waals surface area contributed by atoms with E-state index in [-0.39, 0.29) is 17.0 Å². The van der Waals surface area contributed by atoms with Gasteiger partial charge in [0.25, 0.3) is 0 Å². The van der Waals surface area contributed by atoms with Crippen molar-refractivity contribution in [2.45, 2.75) is 136 Å². The molecule has 0 heterocycles. The van der Waals surface area contributed by atoms with E-state index >= 15 is 0 Å². The molecule has 0 aromatic carbocycles. The van der Waals surface area contributed by atoms with Crippen molar-refractivity contribution in [3.8, 4) is 0 Å². The van der Waals surface area contributed by atoms with Gasteiger partial charge >= 0.3 is 0 Å². The normalized spacial score (nSPS) is 11.6. The molecule has 27 heavy (non-hydrogen) atoms. The third kappa shape index (κ3) is 21.0. The zero-order valence-electron chi connectivity index (χ0n) is 19.7. The van der Waals surface area contributed by atoms with Crippen LogP contribution >= 0.6 is 17.0 Å². The first kappa shape index (κ1) is 29.6. The van der Waals surface area contributed by atoms with Crippen LogP contribution in [0.1, 0.15) is 136 Å². The molecule has 0 amide bonds. The molecule has 1 nitrogen and oxygen atoms in total. The lowest BCUT2D eigenvalue weighted by Crippen LogP contribution is -2.46. The molecule has 0 unspecified atom stereocenters. The Kier molecular flexibility index (Phi) is 24.9. The average Bonchev–Trinajstić information content (AvgIpc) is 2.64. The summed E-state index contributed by atoms with van der Waals surface area (Å²) in [4.78, 5) is 0. The summed E-state index contributed by atoms with van der Waals surface area (Å²) < 4.78 is 1.36. The topological polar surface area (TPSA) is 0 Å². The van der Waals surface area contributed by atoms with Gasteiger partial charge in [-0.15, -0.1) is 17.0 Å². The monoisotopic (exact) mass is 448 g/mol. The van der Waals surface area contributed by atoms with Crippen LogP contribution in [0.3, 0.4) is 0 Å². The van der Waals surface area contributed by atoms with E-state index in [1.807, 2.05) is 0 Å². The van der Waals surface area contributed by atoms with E-state index in [1.54, 1.807) is 0 Å². The van der Waals surface area contributed by atoms with Crippen LogP contribution in [0.4, 0.5) is 0 Å².